The highest BCUT2D eigenvalue weighted by molar-refractivity contribution is 5.88. The molecule has 0 fully saturated rings. The molecule has 1 aliphatic rings. The minimum atomic E-state index is -1.25. The highest BCUT2D eigenvalue weighted by atomic mass is 16.4. The lowest BCUT2D eigenvalue weighted by atomic mass is 9.89. The van der Waals surface area contributed by atoms with Gasteiger partial charge in [-0.3, -0.25) is 4.79 Å². The zero-order chi connectivity index (χ0) is 18.7. The fourth-order valence-electron chi connectivity index (χ4n) is 3.68. The predicted octanol–water partition coefficient (Wildman–Crippen LogP) is 4.89. The Bertz CT molecular complexity index is 441. The Morgan fingerprint density at radius 3 is 2.56 bits per heavy atom. The summed E-state index contributed by atoms with van der Waals surface area (Å²) in [6.07, 6.45) is 12.5. The fraction of sp³-hybridized carbons (Fsp3) is 0.810. The van der Waals surface area contributed by atoms with Crippen LogP contribution in [0.1, 0.15) is 90.9 Å². The molecule has 4 nitrogen and oxygen atoms in total. The van der Waals surface area contributed by atoms with E-state index in [1.54, 1.807) is 0 Å². The number of unbranched alkanes of at least 4 members (excludes halogenated alkanes) is 3. The molecule has 0 aromatic rings. The standard InChI is InChI=1S/C21H36O4/c1-3-4-9-16(2)10-8-11-17-14-15-19(22)18(17)12-6-5-7-13-20(23)21(24)25/h14,16,18,20,23H,3-13,15H2,1-2H3,(H,24,25)/t16?,18-,20?/m1/s1. The van der Waals surface area contributed by atoms with Crippen LogP contribution in [-0.2, 0) is 9.59 Å². The molecule has 0 aromatic carbocycles. The highest BCUT2D eigenvalue weighted by Crippen LogP contribution is 2.32. The SMILES string of the molecule is CCCCC(C)CCCC1=CCC(=O)[C@@H]1CCCCCC(O)C(=O)O. The van der Waals surface area contributed by atoms with Crippen LogP contribution in [-0.4, -0.2) is 28.1 Å². The van der Waals surface area contributed by atoms with E-state index in [9.17, 15) is 14.7 Å². The number of ketones is 1. The van der Waals surface area contributed by atoms with Crippen molar-refractivity contribution >= 4 is 11.8 Å². The number of carboxylic acid groups (broad SMARTS) is 1. The van der Waals surface area contributed by atoms with Crippen molar-refractivity contribution < 1.29 is 19.8 Å². The minimum Gasteiger partial charge on any atom is -0.479 e. The van der Waals surface area contributed by atoms with E-state index in [2.05, 4.69) is 19.9 Å². The zero-order valence-electron chi connectivity index (χ0n) is 16.0. The van der Waals surface area contributed by atoms with E-state index in [1.807, 2.05) is 0 Å². The molecule has 1 aliphatic carbocycles. The van der Waals surface area contributed by atoms with Gasteiger partial charge in [0.25, 0.3) is 0 Å². The average Bonchev–Trinajstić information content (AvgIpc) is 2.92. The Morgan fingerprint density at radius 1 is 1.16 bits per heavy atom. The number of rotatable bonds is 14. The summed E-state index contributed by atoms with van der Waals surface area (Å²) in [5.74, 6) is 0.0658. The van der Waals surface area contributed by atoms with E-state index < -0.39 is 12.1 Å². The lowest BCUT2D eigenvalue weighted by Crippen LogP contribution is -2.19. The van der Waals surface area contributed by atoms with Crippen molar-refractivity contribution in [2.24, 2.45) is 11.8 Å². The monoisotopic (exact) mass is 352 g/mol. The van der Waals surface area contributed by atoms with E-state index in [-0.39, 0.29) is 5.92 Å². The number of carbonyl (C=O) groups is 2. The first-order valence-electron chi connectivity index (χ1n) is 10.1. The molecule has 0 spiro atoms. The molecule has 0 aliphatic heterocycles. The van der Waals surface area contributed by atoms with E-state index in [0.717, 1.165) is 31.6 Å². The first kappa shape index (κ1) is 21.9. The first-order chi connectivity index (χ1) is 12.0. The average molecular weight is 353 g/mol. The summed E-state index contributed by atoms with van der Waals surface area (Å²) in [4.78, 5) is 22.7. The summed E-state index contributed by atoms with van der Waals surface area (Å²) < 4.78 is 0. The van der Waals surface area contributed by atoms with Crippen molar-refractivity contribution in [1.82, 2.24) is 0 Å². The maximum Gasteiger partial charge on any atom is 0.332 e. The van der Waals surface area contributed by atoms with Crippen LogP contribution in [0.4, 0.5) is 0 Å². The summed E-state index contributed by atoms with van der Waals surface area (Å²) in [5, 5.41) is 17.9. The largest absolute Gasteiger partial charge is 0.479 e. The topological polar surface area (TPSA) is 74.6 Å². The quantitative estimate of drug-likeness (QED) is 0.344. The number of aliphatic carboxylic acids is 1. The molecule has 0 bridgehead atoms. The van der Waals surface area contributed by atoms with Gasteiger partial charge in [0.2, 0.25) is 0 Å². The van der Waals surface area contributed by atoms with Gasteiger partial charge in [-0.2, -0.15) is 0 Å². The Balaban J connectivity index is 2.22. The molecule has 0 aromatic heterocycles. The van der Waals surface area contributed by atoms with Crippen LogP contribution < -0.4 is 0 Å². The molecular formula is C21H36O4. The van der Waals surface area contributed by atoms with Gasteiger partial charge in [0, 0.05) is 12.3 Å². The molecule has 0 amide bonds. The van der Waals surface area contributed by atoms with E-state index >= 15 is 0 Å². The number of aliphatic hydroxyl groups is 1. The van der Waals surface area contributed by atoms with Crippen molar-refractivity contribution in [2.75, 3.05) is 0 Å². The van der Waals surface area contributed by atoms with E-state index in [4.69, 9.17) is 5.11 Å². The summed E-state index contributed by atoms with van der Waals surface area (Å²) in [7, 11) is 0. The van der Waals surface area contributed by atoms with Gasteiger partial charge in [0.1, 0.15) is 5.78 Å². The Morgan fingerprint density at radius 2 is 1.88 bits per heavy atom. The molecule has 0 saturated carbocycles. The summed E-state index contributed by atoms with van der Waals surface area (Å²) in [6.45, 7) is 4.56. The Labute approximate surface area is 152 Å². The van der Waals surface area contributed by atoms with Crippen molar-refractivity contribution in [1.29, 1.82) is 0 Å². The molecule has 3 atom stereocenters. The van der Waals surface area contributed by atoms with Gasteiger partial charge in [0.05, 0.1) is 0 Å². The van der Waals surface area contributed by atoms with Gasteiger partial charge in [-0.05, 0) is 31.6 Å². The summed E-state index contributed by atoms with van der Waals surface area (Å²) in [6, 6.07) is 0. The van der Waals surface area contributed by atoms with Crippen molar-refractivity contribution in [2.45, 2.75) is 97.0 Å². The van der Waals surface area contributed by atoms with Crippen LogP contribution in [0.5, 0.6) is 0 Å². The molecular weight excluding hydrogens is 316 g/mol. The van der Waals surface area contributed by atoms with Crippen LogP contribution in [0.15, 0.2) is 11.6 Å². The normalized spacial score (nSPS) is 19.7. The molecule has 0 saturated heterocycles. The van der Waals surface area contributed by atoms with Gasteiger partial charge in [-0.15, -0.1) is 0 Å². The fourth-order valence-corrected chi connectivity index (χ4v) is 3.68. The first-order valence-corrected chi connectivity index (χ1v) is 10.1. The molecule has 2 unspecified atom stereocenters. The molecule has 25 heavy (non-hydrogen) atoms. The number of aliphatic hydroxyl groups excluding tert-OH is 1. The molecule has 0 radical (unpaired) electrons. The summed E-state index contributed by atoms with van der Waals surface area (Å²) >= 11 is 0. The van der Waals surface area contributed by atoms with Crippen LogP contribution in [0.2, 0.25) is 0 Å². The number of Topliss-reactive ketones (excluding diaryl/α,β-unsaturated/α-hetero) is 1. The lowest BCUT2D eigenvalue weighted by Gasteiger charge is -2.15. The third kappa shape index (κ3) is 8.66. The van der Waals surface area contributed by atoms with Crippen molar-refractivity contribution in [3.8, 4) is 0 Å². The summed E-state index contributed by atoms with van der Waals surface area (Å²) in [5.41, 5.74) is 1.33. The van der Waals surface area contributed by atoms with Gasteiger partial charge in [-0.1, -0.05) is 70.4 Å². The second-order valence-electron chi connectivity index (χ2n) is 7.63. The second-order valence-corrected chi connectivity index (χ2v) is 7.63. The van der Waals surface area contributed by atoms with Gasteiger partial charge < -0.3 is 10.2 Å². The Hall–Kier alpha value is -1.16. The van der Waals surface area contributed by atoms with Crippen molar-refractivity contribution in [3.63, 3.8) is 0 Å². The highest BCUT2D eigenvalue weighted by Gasteiger charge is 2.26. The molecule has 144 valence electrons. The third-order valence-electron chi connectivity index (χ3n) is 5.37. The van der Waals surface area contributed by atoms with Crippen LogP contribution in [0.3, 0.4) is 0 Å². The van der Waals surface area contributed by atoms with E-state index in [0.29, 0.717) is 25.0 Å². The van der Waals surface area contributed by atoms with Gasteiger partial charge >= 0.3 is 5.97 Å². The number of hydrogen-bond acceptors (Lipinski definition) is 3. The van der Waals surface area contributed by atoms with Crippen LogP contribution in [0, 0.1) is 11.8 Å². The third-order valence-corrected chi connectivity index (χ3v) is 5.37. The van der Waals surface area contributed by atoms with E-state index in [1.165, 1.54) is 37.7 Å². The van der Waals surface area contributed by atoms with Crippen LogP contribution in [0.25, 0.3) is 0 Å². The maximum atomic E-state index is 12.1. The number of carbonyl (C=O) groups excluding carboxylic acids is 1. The van der Waals surface area contributed by atoms with Crippen LogP contribution >= 0.6 is 0 Å². The zero-order valence-corrected chi connectivity index (χ0v) is 16.0. The number of hydrogen-bond donors (Lipinski definition) is 2. The number of allylic oxidation sites excluding steroid dienone is 2. The molecule has 4 heteroatoms. The van der Waals surface area contributed by atoms with Gasteiger partial charge in [-0.25, -0.2) is 4.79 Å². The molecule has 1 rings (SSSR count). The lowest BCUT2D eigenvalue weighted by molar-refractivity contribution is -0.146. The Kier molecular flexibility index (Phi) is 10.7. The minimum absolute atomic E-state index is 0.0929. The maximum absolute atomic E-state index is 12.1. The molecule has 2 N–H and O–H groups in total. The molecule has 0 heterocycles. The second kappa shape index (κ2) is 12.2. The smallest absolute Gasteiger partial charge is 0.332 e. The van der Waals surface area contributed by atoms with Crippen molar-refractivity contribution in [3.05, 3.63) is 11.6 Å². The van der Waals surface area contributed by atoms with Gasteiger partial charge in [0.15, 0.2) is 6.10 Å². The predicted molar refractivity (Wildman–Crippen MR) is 100 cm³/mol. The number of carboxylic acids is 1.